The number of ether oxygens (including phenoxy) is 1. The van der Waals surface area contributed by atoms with E-state index < -0.39 is 12.3 Å². The van der Waals surface area contributed by atoms with E-state index in [9.17, 15) is 9.90 Å². The number of carbonyl (C=O) groups excluding carboxylic acids is 1. The Balaban J connectivity index is 1.31. The largest absolute Gasteiger partial charge is 0.389 e. The lowest BCUT2D eigenvalue weighted by Crippen LogP contribution is -2.46. The molecule has 1 aliphatic heterocycles. The standard InChI is InChI=1S/C25H46N10O3/c1-19-15-29-11-10-27-8-9-28-12-14-34(19)13-6-4-3-5-7-30-21(37)16-38-25(20(2)36)35-18-33-22-23(26)31-17-32-24(22)35/h17-20,25,27-29,36H,3-16H2,1-2H3,(H,30,37)(H2,26,31,32). The first-order chi connectivity index (χ1) is 18.5. The van der Waals surface area contributed by atoms with Crippen LogP contribution in [0.5, 0.6) is 0 Å². The van der Waals surface area contributed by atoms with Gasteiger partial charge in [-0.1, -0.05) is 12.8 Å². The van der Waals surface area contributed by atoms with Gasteiger partial charge in [0.05, 0.1) is 12.4 Å². The first-order valence-corrected chi connectivity index (χ1v) is 13.8. The summed E-state index contributed by atoms with van der Waals surface area (Å²) in [4.78, 5) is 27.2. The number of nitrogens with two attached hydrogens (primary N) is 1. The summed E-state index contributed by atoms with van der Waals surface area (Å²) < 4.78 is 7.28. The Morgan fingerprint density at radius 2 is 1.87 bits per heavy atom. The third kappa shape index (κ3) is 9.71. The lowest BCUT2D eigenvalue weighted by atomic mass is 10.1. The average molecular weight is 535 g/mol. The minimum absolute atomic E-state index is 0.180. The molecule has 13 heteroatoms. The average Bonchev–Trinajstić information content (AvgIpc) is 3.32. The molecule has 0 bridgehead atoms. The van der Waals surface area contributed by atoms with E-state index in [0.717, 1.165) is 78.0 Å². The van der Waals surface area contributed by atoms with Gasteiger partial charge in [0.2, 0.25) is 5.91 Å². The summed E-state index contributed by atoms with van der Waals surface area (Å²) in [5.41, 5.74) is 6.71. The van der Waals surface area contributed by atoms with Crippen molar-refractivity contribution in [3.05, 3.63) is 12.7 Å². The number of anilines is 1. The number of unbranched alkanes of at least 4 members (excludes halogenated alkanes) is 3. The molecule has 214 valence electrons. The molecule has 2 aromatic heterocycles. The van der Waals surface area contributed by atoms with Crippen LogP contribution in [0.3, 0.4) is 0 Å². The van der Waals surface area contributed by atoms with E-state index in [1.54, 1.807) is 11.5 Å². The Morgan fingerprint density at radius 1 is 1.13 bits per heavy atom. The topological polar surface area (TPSA) is 168 Å². The number of nitrogens with one attached hydrogen (secondary N) is 4. The van der Waals surface area contributed by atoms with Gasteiger partial charge in [0.15, 0.2) is 17.7 Å². The van der Waals surface area contributed by atoms with Gasteiger partial charge in [0.25, 0.3) is 0 Å². The molecule has 38 heavy (non-hydrogen) atoms. The highest BCUT2D eigenvalue weighted by Gasteiger charge is 2.22. The van der Waals surface area contributed by atoms with Crippen molar-refractivity contribution in [2.75, 3.05) is 71.2 Å². The number of aliphatic hydroxyl groups excluding tert-OH is 1. The molecule has 0 aliphatic carbocycles. The monoisotopic (exact) mass is 534 g/mol. The number of amides is 1. The summed E-state index contributed by atoms with van der Waals surface area (Å²) in [6.45, 7) is 12.5. The number of hydrogen-bond donors (Lipinski definition) is 6. The molecule has 13 nitrogen and oxygen atoms in total. The van der Waals surface area contributed by atoms with Gasteiger partial charge < -0.3 is 36.8 Å². The van der Waals surface area contributed by atoms with Crippen LogP contribution >= 0.6 is 0 Å². The fraction of sp³-hybridized carbons (Fsp3) is 0.760. The zero-order valence-corrected chi connectivity index (χ0v) is 22.9. The Morgan fingerprint density at radius 3 is 2.66 bits per heavy atom. The second kappa shape index (κ2) is 16.5. The van der Waals surface area contributed by atoms with Gasteiger partial charge in [0.1, 0.15) is 18.5 Å². The molecule has 0 spiro atoms. The fourth-order valence-electron chi connectivity index (χ4n) is 4.56. The molecule has 3 heterocycles. The Bertz CT molecular complexity index is 957. The normalized spacial score (nSPS) is 19.9. The van der Waals surface area contributed by atoms with E-state index in [1.165, 1.54) is 12.7 Å². The summed E-state index contributed by atoms with van der Waals surface area (Å²) in [5.74, 6) is 0.0215. The molecule has 7 N–H and O–H groups in total. The highest BCUT2D eigenvalue weighted by molar-refractivity contribution is 5.81. The summed E-state index contributed by atoms with van der Waals surface area (Å²) in [7, 11) is 0. The predicted octanol–water partition coefficient (Wildman–Crippen LogP) is -0.546. The van der Waals surface area contributed by atoms with E-state index in [4.69, 9.17) is 10.5 Å². The van der Waals surface area contributed by atoms with Crippen molar-refractivity contribution in [3.8, 4) is 0 Å². The van der Waals surface area contributed by atoms with Crippen molar-refractivity contribution in [2.24, 2.45) is 0 Å². The number of aromatic nitrogens is 4. The Kier molecular flexibility index (Phi) is 13.1. The first kappa shape index (κ1) is 30.1. The van der Waals surface area contributed by atoms with E-state index >= 15 is 0 Å². The van der Waals surface area contributed by atoms with Crippen LogP contribution in [0.15, 0.2) is 12.7 Å². The van der Waals surface area contributed by atoms with Crippen LogP contribution in [0, 0.1) is 0 Å². The molecule has 1 saturated heterocycles. The van der Waals surface area contributed by atoms with Gasteiger partial charge >= 0.3 is 0 Å². The number of imidazole rings is 1. The maximum atomic E-state index is 12.3. The first-order valence-electron chi connectivity index (χ1n) is 13.8. The molecule has 0 saturated carbocycles. The highest BCUT2D eigenvalue weighted by Crippen LogP contribution is 2.21. The summed E-state index contributed by atoms with van der Waals surface area (Å²) in [6.07, 6.45) is 5.34. The zero-order valence-electron chi connectivity index (χ0n) is 22.9. The van der Waals surface area contributed by atoms with Crippen molar-refractivity contribution < 1.29 is 14.6 Å². The fourth-order valence-corrected chi connectivity index (χ4v) is 4.56. The highest BCUT2D eigenvalue weighted by atomic mass is 16.5. The lowest BCUT2D eigenvalue weighted by Gasteiger charge is -2.30. The molecule has 3 unspecified atom stereocenters. The Labute approximate surface area is 225 Å². The van der Waals surface area contributed by atoms with Crippen molar-refractivity contribution in [1.82, 2.24) is 45.7 Å². The molecule has 1 amide bonds. The predicted molar refractivity (Wildman–Crippen MR) is 148 cm³/mol. The van der Waals surface area contributed by atoms with Crippen molar-refractivity contribution in [2.45, 2.75) is 57.9 Å². The minimum Gasteiger partial charge on any atom is -0.389 e. The number of nitrogens with zero attached hydrogens (tertiary/aromatic N) is 5. The SMILES string of the molecule is CC(O)C(OCC(=O)NCCCCCCN1CCNCCNCCNCC1C)n1cnc2c(N)ncnc21. The number of aliphatic hydroxyl groups is 1. The van der Waals surface area contributed by atoms with E-state index in [0.29, 0.717) is 23.8 Å². The van der Waals surface area contributed by atoms with E-state index in [2.05, 4.69) is 48.0 Å². The smallest absolute Gasteiger partial charge is 0.246 e. The number of fused-ring (bicyclic) bond motifs is 1. The molecule has 1 aliphatic rings. The van der Waals surface area contributed by atoms with Gasteiger partial charge in [-0.3, -0.25) is 14.3 Å². The van der Waals surface area contributed by atoms with Crippen LogP contribution in [0.25, 0.3) is 11.2 Å². The van der Waals surface area contributed by atoms with Gasteiger partial charge in [-0.2, -0.15) is 0 Å². The maximum absolute atomic E-state index is 12.3. The number of carbonyl (C=O) groups is 1. The number of rotatable bonds is 12. The van der Waals surface area contributed by atoms with Crippen LogP contribution in [-0.4, -0.2) is 113 Å². The Hall–Kier alpha value is -2.42. The lowest BCUT2D eigenvalue weighted by molar-refractivity contribution is -0.134. The van der Waals surface area contributed by atoms with Crippen molar-refractivity contribution >= 4 is 22.9 Å². The molecule has 2 aromatic rings. The van der Waals surface area contributed by atoms with Crippen LogP contribution in [0.1, 0.15) is 45.8 Å². The van der Waals surface area contributed by atoms with Gasteiger partial charge in [-0.15, -0.1) is 0 Å². The van der Waals surface area contributed by atoms with Gasteiger partial charge in [-0.05, 0) is 33.2 Å². The quantitative estimate of drug-likeness (QED) is 0.193. The molecule has 1 fully saturated rings. The molecule has 0 radical (unpaired) electrons. The second-order valence-electron chi connectivity index (χ2n) is 9.88. The zero-order chi connectivity index (χ0) is 27.2. The molecular weight excluding hydrogens is 488 g/mol. The minimum atomic E-state index is -0.890. The maximum Gasteiger partial charge on any atom is 0.246 e. The van der Waals surface area contributed by atoms with Crippen LogP contribution in [-0.2, 0) is 9.53 Å². The van der Waals surface area contributed by atoms with Gasteiger partial charge in [0, 0.05) is 58.4 Å². The van der Waals surface area contributed by atoms with Crippen molar-refractivity contribution in [1.29, 1.82) is 0 Å². The molecule has 0 aromatic carbocycles. The number of hydrogen-bond acceptors (Lipinski definition) is 11. The summed E-state index contributed by atoms with van der Waals surface area (Å²) in [5, 5.41) is 23.6. The summed E-state index contributed by atoms with van der Waals surface area (Å²) >= 11 is 0. The van der Waals surface area contributed by atoms with E-state index in [-0.39, 0.29) is 18.3 Å². The molecule has 3 rings (SSSR count). The van der Waals surface area contributed by atoms with Crippen LogP contribution in [0.2, 0.25) is 0 Å². The van der Waals surface area contributed by atoms with E-state index in [1.807, 2.05) is 0 Å². The molecule has 3 atom stereocenters. The van der Waals surface area contributed by atoms with Crippen LogP contribution < -0.4 is 27.0 Å². The van der Waals surface area contributed by atoms with Crippen LogP contribution in [0.4, 0.5) is 5.82 Å². The third-order valence-corrected chi connectivity index (χ3v) is 6.75. The van der Waals surface area contributed by atoms with Gasteiger partial charge in [-0.25, -0.2) is 15.0 Å². The summed E-state index contributed by atoms with van der Waals surface area (Å²) in [6, 6.07) is 0.506. The third-order valence-electron chi connectivity index (χ3n) is 6.75. The number of nitrogen functional groups attached to an aromatic ring is 1. The molecular formula is C25H46N10O3. The van der Waals surface area contributed by atoms with Crippen molar-refractivity contribution in [3.63, 3.8) is 0 Å². The second-order valence-corrected chi connectivity index (χ2v) is 9.88.